The first-order chi connectivity index (χ1) is 8.10. The molecule has 0 aromatic rings. The van der Waals surface area contributed by atoms with E-state index < -0.39 is 0 Å². The molecule has 0 radical (unpaired) electrons. The van der Waals surface area contributed by atoms with Crippen LogP contribution in [-0.2, 0) is 9.53 Å². The van der Waals surface area contributed by atoms with E-state index in [0.29, 0.717) is 13.2 Å². The third-order valence-electron chi connectivity index (χ3n) is 2.69. The largest absolute Gasteiger partial charge is 0.377 e. The highest BCUT2D eigenvalue weighted by atomic mass is 16.5. The van der Waals surface area contributed by atoms with Crippen LogP contribution in [0.5, 0.6) is 0 Å². The summed E-state index contributed by atoms with van der Waals surface area (Å²) in [6.45, 7) is 9.52. The zero-order valence-corrected chi connectivity index (χ0v) is 11.7. The first-order valence-corrected chi connectivity index (χ1v) is 6.42. The molecule has 0 fully saturated rings. The van der Waals surface area contributed by atoms with Gasteiger partial charge in [-0.25, -0.2) is 0 Å². The van der Waals surface area contributed by atoms with Crippen LogP contribution in [0.3, 0.4) is 0 Å². The molecule has 1 atom stereocenters. The van der Waals surface area contributed by atoms with E-state index in [1.807, 2.05) is 6.92 Å². The summed E-state index contributed by atoms with van der Waals surface area (Å²) in [5.74, 6) is 0.0504. The lowest BCUT2D eigenvalue weighted by Gasteiger charge is -2.07. The zero-order valence-electron chi connectivity index (χ0n) is 11.7. The van der Waals surface area contributed by atoms with E-state index in [2.05, 4.69) is 32.9 Å². The van der Waals surface area contributed by atoms with E-state index in [0.717, 1.165) is 25.5 Å². The number of ether oxygens (including phenoxy) is 1. The maximum atomic E-state index is 10.6. The molecule has 0 aliphatic heterocycles. The Morgan fingerprint density at radius 1 is 1.24 bits per heavy atom. The topological polar surface area (TPSA) is 26.3 Å². The van der Waals surface area contributed by atoms with Gasteiger partial charge in [0, 0.05) is 5.92 Å². The predicted octanol–water partition coefficient (Wildman–Crippen LogP) is 3.92. The highest BCUT2D eigenvalue weighted by molar-refractivity contribution is 5.53. The van der Waals surface area contributed by atoms with Gasteiger partial charge in [-0.05, 0) is 40.0 Å². The van der Waals surface area contributed by atoms with Gasteiger partial charge in [-0.3, -0.25) is 0 Å². The van der Waals surface area contributed by atoms with Crippen LogP contribution in [-0.4, -0.2) is 19.5 Å². The summed E-state index contributed by atoms with van der Waals surface area (Å²) >= 11 is 0. The van der Waals surface area contributed by atoms with Crippen LogP contribution in [0.25, 0.3) is 0 Å². The average molecular weight is 238 g/mol. The van der Waals surface area contributed by atoms with Gasteiger partial charge in [-0.1, -0.05) is 30.2 Å². The Morgan fingerprint density at radius 3 is 2.47 bits per heavy atom. The molecule has 0 aliphatic rings. The number of rotatable bonds is 9. The second-order valence-electron chi connectivity index (χ2n) is 4.71. The third-order valence-corrected chi connectivity index (χ3v) is 2.69. The molecule has 0 saturated heterocycles. The first kappa shape index (κ1) is 16.1. The molecule has 0 aromatic carbocycles. The van der Waals surface area contributed by atoms with Gasteiger partial charge in [0.05, 0.1) is 13.2 Å². The Labute approximate surface area is 106 Å². The number of carbonyl (C=O) groups excluding carboxylic acids is 1. The van der Waals surface area contributed by atoms with Gasteiger partial charge in [0.2, 0.25) is 0 Å². The van der Waals surface area contributed by atoms with Crippen LogP contribution in [0.1, 0.15) is 47.0 Å². The smallest absolute Gasteiger partial charge is 0.125 e. The quantitative estimate of drug-likeness (QED) is 0.346. The molecule has 0 spiro atoms. The van der Waals surface area contributed by atoms with Crippen molar-refractivity contribution in [3.05, 3.63) is 23.3 Å². The fourth-order valence-corrected chi connectivity index (χ4v) is 1.36. The number of aldehydes is 1. The maximum absolute atomic E-state index is 10.6. The van der Waals surface area contributed by atoms with Crippen LogP contribution in [0.2, 0.25) is 0 Å². The predicted molar refractivity (Wildman–Crippen MR) is 73.1 cm³/mol. The summed E-state index contributed by atoms with van der Waals surface area (Å²) in [5.41, 5.74) is 2.72. The number of hydrogen-bond donors (Lipinski definition) is 0. The van der Waals surface area contributed by atoms with Crippen molar-refractivity contribution in [3.63, 3.8) is 0 Å². The second kappa shape index (κ2) is 10.3. The SMILES string of the molecule is CCC(C=O)COCC=C(C)CCC=C(C)C. The highest BCUT2D eigenvalue weighted by Crippen LogP contribution is 2.06. The van der Waals surface area contributed by atoms with Crippen molar-refractivity contribution in [1.82, 2.24) is 0 Å². The Bertz CT molecular complexity index is 260. The van der Waals surface area contributed by atoms with Crippen LogP contribution < -0.4 is 0 Å². The molecule has 98 valence electrons. The number of allylic oxidation sites excluding steroid dienone is 3. The molecule has 17 heavy (non-hydrogen) atoms. The summed E-state index contributed by atoms with van der Waals surface area (Å²) in [4.78, 5) is 10.6. The molecule has 0 saturated carbocycles. The standard InChI is InChI=1S/C15H26O2/c1-5-15(11-16)12-17-10-9-14(4)8-6-7-13(2)3/h7,9,11,15H,5-6,8,10,12H2,1-4H3. The monoisotopic (exact) mass is 238 g/mol. The van der Waals surface area contributed by atoms with Gasteiger partial charge >= 0.3 is 0 Å². The molecule has 1 unspecified atom stereocenters. The fraction of sp³-hybridized carbons (Fsp3) is 0.667. The summed E-state index contributed by atoms with van der Waals surface area (Å²) in [5, 5.41) is 0. The lowest BCUT2D eigenvalue weighted by molar-refractivity contribution is -0.112. The van der Waals surface area contributed by atoms with Crippen LogP contribution in [0.4, 0.5) is 0 Å². The van der Waals surface area contributed by atoms with E-state index in [-0.39, 0.29) is 5.92 Å². The van der Waals surface area contributed by atoms with E-state index >= 15 is 0 Å². The maximum Gasteiger partial charge on any atom is 0.125 e. The summed E-state index contributed by atoms with van der Waals surface area (Å²) in [6, 6.07) is 0. The van der Waals surface area contributed by atoms with E-state index in [1.165, 1.54) is 11.1 Å². The minimum atomic E-state index is 0.0504. The summed E-state index contributed by atoms with van der Waals surface area (Å²) < 4.78 is 5.45. The molecule has 2 nitrogen and oxygen atoms in total. The Balaban J connectivity index is 3.69. The van der Waals surface area contributed by atoms with Crippen molar-refractivity contribution in [2.24, 2.45) is 5.92 Å². The molecular weight excluding hydrogens is 212 g/mol. The van der Waals surface area contributed by atoms with Crippen molar-refractivity contribution in [3.8, 4) is 0 Å². The van der Waals surface area contributed by atoms with E-state index in [9.17, 15) is 4.79 Å². The highest BCUT2D eigenvalue weighted by Gasteiger charge is 2.02. The Morgan fingerprint density at radius 2 is 1.94 bits per heavy atom. The normalized spacial score (nSPS) is 13.3. The second-order valence-corrected chi connectivity index (χ2v) is 4.71. The van der Waals surface area contributed by atoms with Gasteiger partial charge in [0.25, 0.3) is 0 Å². The molecule has 0 aliphatic carbocycles. The lowest BCUT2D eigenvalue weighted by atomic mass is 10.1. The third kappa shape index (κ3) is 10.0. The van der Waals surface area contributed by atoms with Crippen molar-refractivity contribution in [2.45, 2.75) is 47.0 Å². The molecule has 0 aromatic heterocycles. The van der Waals surface area contributed by atoms with E-state index in [1.54, 1.807) is 0 Å². The lowest BCUT2D eigenvalue weighted by Crippen LogP contribution is -2.09. The number of hydrogen-bond acceptors (Lipinski definition) is 2. The van der Waals surface area contributed by atoms with Crippen molar-refractivity contribution < 1.29 is 9.53 Å². The average Bonchev–Trinajstić information content (AvgIpc) is 2.29. The Kier molecular flexibility index (Phi) is 9.74. The zero-order chi connectivity index (χ0) is 13.1. The molecular formula is C15H26O2. The van der Waals surface area contributed by atoms with Gasteiger partial charge in [-0.2, -0.15) is 0 Å². The van der Waals surface area contributed by atoms with Crippen LogP contribution >= 0.6 is 0 Å². The van der Waals surface area contributed by atoms with Gasteiger partial charge in [0.1, 0.15) is 6.29 Å². The minimum absolute atomic E-state index is 0.0504. The molecule has 0 bridgehead atoms. The van der Waals surface area contributed by atoms with Crippen LogP contribution in [0, 0.1) is 5.92 Å². The minimum Gasteiger partial charge on any atom is -0.377 e. The number of carbonyl (C=O) groups is 1. The fourth-order valence-electron chi connectivity index (χ4n) is 1.36. The Hall–Kier alpha value is -0.890. The van der Waals surface area contributed by atoms with Crippen LogP contribution in [0.15, 0.2) is 23.3 Å². The van der Waals surface area contributed by atoms with Crippen molar-refractivity contribution in [2.75, 3.05) is 13.2 Å². The molecule has 0 heterocycles. The van der Waals surface area contributed by atoms with Gasteiger partial charge in [0.15, 0.2) is 0 Å². The molecule has 0 amide bonds. The van der Waals surface area contributed by atoms with Crippen molar-refractivity contribution in [1.29, 1.82) is 0 Å². The van der Waals surface area contributed by atoms with E-state index in [4.69, 9.17) is 4.74 Å². The molecule has 0 N–H and O–H groups in total. The summed E-state index contributed by atoms with van der Waals surface area (Å²) in [6.07, 6.45) is 8.36. The molecule has 2 heteroatoms. The van der Waals surface area contributed by atoms with Gasteiger partial charge < -0.3 is 9.53 Å². The summed E-state index contributed by atoms with van der Waals surface area (Å²) in [7, 11) is 0. The molecule has 0 rings (SSSR count). The first-order valence-electron chi connectivity index (χ1n) is 6.42. The van der Waals surface area contributed by atoms with Gasteiger partial charge in [-0.15, -0.1) is 0 Å². The van der Waals surface area contributed by atoms with Crippen molar-refractivity contribution >= 4 is 6.29 Å².